The van der Waals surface area contributed by atoms with E-state index >= 15 is 0 Å². The van der Waals surface area contributed by atoms with Crippen LogP contribution in [0.1, 0.15) is 20.8 Å². The average molecular weight is 397 g/mol. The normalized spacial score (nSPS) is 10.2. The smallest absolute Gasteiger partial charge is 0.257 e. The van der Waals surface area contributed by atoms with E-state index < -0.39 is 0 Å². The van der Waals surface area contributed by atoms with E-state index in [-0.39, 0.29) is 5.91 Å². The Labute approximate surface area is 168 Å². The van der Waals surface area contributed by atoms with Gasteiger partial charge in [-0.05, 0) is 47.4 Å². The lowest BCUT2D eigenvalue weighted by Gasteiger charge is -2.10. The van der Waals surface area contributed by atoms with E-state index in [2.05, 4.69) is 22.8 Å². The molecule has 0 aliphatic rings. The van der Waals surface area contributed by atoms with Gasteiger partial charge >= 0.3 is 0 Å². The van der Waals surface area contributed by atoms with Gasteiger partial charge in [-0.1, -0.05) is 42.5 Å². The number of carbonyl (C=O) groups is 1. The van der Waals surface area contributed by atoms with Crippen molar-refractivity contribution in [2.45, 2.75) is 13.0 Å². The second-order valence-electron chi connectivity index (χ2n) is 5.83. The fourth-order valence-corrected chi connectivity index (χ4v) is 3.27. The van der Waals surface area contributed by atoms with Crippen molar-refractivity contribution >= 4 is 34.6 Å². The van der Waals surface area contributed by atoms with Crippen molar-refractivity contribution < 1.29 is 9.53 Å². The molecule has 6 heteroatoms. The van der Waals surface area contributed by atoms with Crippen LogP contribution in [-0.2, 0) is 13.0 Å². The van der Waals surface area contributed by atoms with Crippen molar-refractivity contribution in [1.82, 2.24) is 10.6 Å². The minimum atomic E-state index is -0.257. The first-order chi connectivity index (χ1) is 13.2. The third-order valence-corrected chi connectivity index (χ3v) is 4.95. The zero-order valence-corrected chi connectivity index (χ0v) is 16.3. The van der Waals surface area contributed by atoms with E-state index in [1.165, 1.54) is 5.56 Å². The summed E-state index contributed by atoms with van der Waals surface area (Å²) in [6.07, 6.45) is 0.813. The second kappa shape index (κ2) is 9.85. The second-order valence-corrected chi connectivity index (χ2v) is 7.27. The molecule has 1 heterocycles. The van der Waals surface area contributed by atoms with Gasteiger partial charge in [0.2, 0.25) is 0 Å². The van der Waals surface area contributed by atoms with Crippen LogP contribution in [0.5, 0.6) is 5.75 Å². The summed E-state index contributed by atoms with van der Waals surface area (Å²) in [6.45, 7) is 1.15. The molecule has 2 aromatic carbocycles. The third kappa shape index (κ3) is 6.20. The molecule has 0 aliphatic heterocycles. The first kappa shape index (κ1) is 19.1. The lowest BCUT2D eigenvalue weighted by atomic mass is 10.2. The highest BCUT2D eigenvalue weighted by Gasteiger charge is 2.09. The lowest BCUT2D eigenvalue weighted by molar-refractivity contribution is 0.0976. The predicted octanol–water partition coefficient (Wildman–Crippen LogP) is 4.17. The summed E-state index contributed by atoms with van der Waals surface area (Å²) < 4.78 is 5.78. The van der Waals surface area contributed by atoms with Gasteiger partial charge < -0.3 is 10.1 Å². The zero-order valence-electron chi connectivity index (χ0n) is 14.7. The molecule has 0 radical (unpaired) electrons. The van der Waals surface area contributed by atoms with E-state index in [0.29, 0.717) is 29.6 Å². The summed E-state index contributed by atoms with van der Waals surface area (Å²) in [5.41, 5.74) is 1.72. The molecule has 4 nitrogen and oxygen atoms in total. The predicted molar refractivity (Wildman–Crippen MR) is 113 cm³/mol. The summed E-state index contributed by atoms with van der Waals surface area (Å²) in [6, 6.07) is 21.2. The molecule has 138 valence electrons. The van der Waals surface area contributed by atoms with Gasteiger partial charge in [-0.25, -0.2) is 0 Å². The van der Waals surface area contributed by atoms with Crippen LogP contribution in [0.3, 0.4) is 0 Å². The van der Waals surface area contributed by atoms with Crippen molar-refractivity contribution in [3.05, 3.63) is 88.1 Å². The number of carbonyl (C=O) groups excluding carboxylic acids is 1. The minimum Gasteiger partial charge on any atom is -0.493 e. The quantitative estimate of drug-likeness (QED) is 0.589. The molecule has 0 fully saturated rings. The summed E-state index contributed by atoms with van der Waals surface area (Å²) in [4.78, 5) is 13.5. The molecule has 0 bridgehead atoms. The largest absolute Gasteiger partial charge is 0.493 e. The van der Waals surface area contributed by atoms with Gasteiger partial charge in [-0.3, -0.25) is 10.1 Å². The van der Waals surface area contributed by atoms with E-state index in [9.17, 15) is 4.79 Å². The van der Waals surface area contributed by atoms with Crippen LogP contribution < -0.4 is 15.4 Å². The Morgan fingerprint density at radius 2 is 1.89 bits per heavy atom. The zero-order chi connectivity index (χ0) is 18.9. The van der Waals surface area contributed by atoms with Crippen LogP contribution in [0.4, 0.5) is 0 Å². The lowest BCUT2D eigenvalue weighted by Crippen LogP contribution is -2.38. The number of rotatable bonds is 7. The molecule has 0 unspecified atom stereocenters. The molecule has 0 saturated carbocycles. The maximum absolute atomic E-state index is 12.4. The molecular formula is C21H20N2O2S2. The number of benzene rings is 2. The minimum absolute atomic E-state index is 0.257. The third-order valence-electron chi connectivity index (χ3n) is 3.83. The average Bonchev–Trinajstić information content (AvgIpc) is 3.21. The van der Waals surface area contributed by atoms with Crippen LogP contribution in [0, 0.1) is 0 Å². The van der Waals surface area contributed by atoms with Crippen LogP contribution in [-0.4, -0.2) is 17.6 Å². The molecule has 27 heavy (non-hydrogen) atoms. The number of amides is 1. The van der Waals surface area contributed by atoms with Gasteiger partial charge in [0, 0.05) is 16.9 Å². The molecular weight excluding hydrogens is 376 g/mol. The highest BCUT2D eigenvalue weighted by Crippen LogP contribution is 2.14. The van der Waals surface area contributed by atoms with Gasteiger partial charge in [0.15, 0.2) is 5.11 Å². The first-order valence-corrected chi connectivity index (χ1v) is 9.88. The van der Waals surface area contributed by atoms with Crippen molar-refractivity contribution in [3.8, 4) is 5.75 Å². The van der Waals surface area contributed by atoms with Crippen molar-refractivity contribution in [2.75, 3.05) is 6.61 Å². The van der Waals surface area contributed by atoms with Gasteiger partial charge in [0.25, 0.3) is 5.91 Å². The number of hydrogen-bond donors (Lipinski definition) is 2. The maximum Gasteiger partial charge on any atom is 0.257 e. The van der Waals surface area contributed by atoms with Gasteiger partial charge in [-0.15, -0.1) is 11.3 Å². The molecule has 0 spiro atoms. The molecule has 0 aliphatic carbocycles. The number of thiophene rings is 1. The Kier molecular flexibility index (Phi) is 6.96. The van der Waals surface area contributed by atoms with Crippen LogP contribution >= 0.6 is 23.6 Å². The highest BCUT2D eigenvalue weighted by molar-refractivity contribution is 7.80. The van der Waals surface area contributed by atoms with E-state index in [4.69, 9.17) is 17.0 Å². The fraction of sp³-hybridized carbons (Fsp3) is 0.143. The standard InChI is InChI=1S/C21H20N2O2S2/c24-20(23-21(26)22-15-19-10-5-13-27-19)17-8-4-9-18(14-17)25-12-11-16-6-2-1-3-7-16/h1-10,13-14H,11-12,15H2,(H2,22,23,24,26). The summed E-state index contributed by atoms with van der Waals surface area (Å²) >= 11 is 6.83. The molecule has 2 N–H and O–H groups in total. The molecule has 0 atom stereocenters. The van der Waals surface area contributed by atoms with Crippen molar-refractivity contribution in [2.24, 2.45) is 0 Å². The Morgan fingerprint density at radius 3 is 2.67 bits per heavy atom. The SMILES string of the molecule is O=C(NC(=S)NCc1cccs1)c1cccc(OCCc2ccccc2)c1. The Morgan fingerprint density at radius 1 is 1.04 bits per heavy atom. The topological polar surface area (TPSA) is 50.4 Å². The van der Waals surface area contributed by atoms with Gasteiger partial charge in [0.05, 0.1) is 13.2 Å². The monoisotopic (exact) mass is 396 g/mol. The van der Waals surface area contributed by atoms with Crippen molar-refractivity contribution in [1.29, 1.82) is 0 Å². The molecule has 3 rings (SSSR count). The molecule has 1 amide bonds. The Balaban J connectivity index is 1.48. The highest BCUT2D eigenvalue weighted by atomic mass is 32.1. The number of ether oxygens (including phenoxy) is 1. The first-order valence-electron chi connectivity index (χ1n) is 8.59. The maximum atomic E-state index is 12.4. The number of thiocarbonyl (C=S) groups is 1. The fourth-order valence-electron chi connectivity index (χ4n) is 2.46. The summed E-state index contributed by atoms with van der Waals surface area (Å²) in [7, 11) is 0. The van der Waals surface area contributed by atoms with Gasteiger partial charge in [0.1, 0.15) is 5.75 Å². The summed E-state index contributed by atoms with van der Waals surface area (Å²) in [5.74, 6) is 0.406. The Hall–Kier alpha value is -2.70. The van der Waals surface area contributed by atoms with E-state index in [0.717, 1.165) is 11.3 Å². The van der Waals surface area contributed by atoms with Crippen molar-refractivity contribution in [3.63, 3.8) is 0 Å². The van der Waals surface area contributed by atoms with Crippen LogP contribution in [0.2, 0.25) is 0 Å². The molecule has 0 saturated heterocycles. The van der Waals surface area contributed by atoms with Crippen LogP contribution in [0.15, 0.2) is 72.1 Å². The number of hydrogen-bond acceptors (Lipinski definition) is 4. The summed E-state index contributed by atoms with van der Waals surface area (Å²) in [5, 5.41) is 8.04. The molecule has 3 aromatic rings. The van der Waals surface area contributed by atoms with Crippen LogP contribution in [0.25, 0.3) is 0 Å². The Bertz CT molecular complexity index is 880. The van der Waals surface area contributed by atoms with Gasteiger partial charge in [-0.2, -0.15) is 0 Å². The van der Waals surface area contributed by atoms with E-state index in [1.54, 1.807) is 29.5 Å². The molecule has 1 aromatic heterocycles. The van der Waals surface area contributed by atoms with E-state index in [1.807, 2.05) is 41.8 Å². The number of nitrogens with one attached hydrogen (secondary N) is 2.